The van der Waals surface area contributed by atoms with Gasteiger partial charge in [-0.3, -0.25) is 4.79 Å². The summed E-state index contributed by atoms with van der Waals surface area (Å²) < 4.78 is 5.12. The van der Waals surface area contributed by atoms with Crippen molar-refractivity contribution in [2.75, 3.05) is 7.11 Å². The van der Waals surface area contributed by atoms with Crippen LogP contribution in [0.3, 0.4) is 0 Å². The molecule has 0 unspecified atom stereocenters. The van der Waals surface area contributed by atoms with Gasteiger partial charge in [0, 0.05) is 12.8 Å². The molecular weight excluding hydrogens is 176 g/mol. The number of ether oxygens (including phenoxy) is 1. The van der Waals surface area contributed by atoms with Gasteiger partial charge >= 0.3 is 0 Å². The number of hydrogen-bond donors (Lipinski definition) is 0. The normalized spacial score (nSPS) is 14.8. The number of fused-ring (bicyclic) bond motifs is 1. The third-order valence-corrected chi connectivity index (χ3v) is 2.38. The molecule has 2 heteroatoms. The monoisotopic (exact) mass is 188 g/mol. The molecule has 0 bridgehead atoms. The molecule has 1 aliphatic carbocycles. The lowest BCUT2D eigenvalue weighted by Gasteiger charge is -2.05. The third kappa shape index (κ3) is 1.69. The molecule has 2 rings (SSSR count). The minimum absolute atomic E-state index is 0.258. The van der Waals surface area contributed by atoms with Gasteiger partial charge in [-0.15, -0.1) is 0 Å². The van der Waals surface area contributed by atoms with Gasteiger partial charge in [-0.05, 0) is 23.3 Å². The van der Waals surface area contributed by atoms with E-state index in [1.54, 1.807) is 7.11 Å². The minimum Gasteiger partial charge on any atom is -0.497 e. The van der Waals surface area contributed by atoms with Crippen LogP contribution in [0.15, 0.2) is 24.3 Å². The number of carbonyl (C=O) groups is 1. The summed E-state index contributed by atoms with van der Waals surface area (Å²) in [6, 6.07) is 5.84. The zero-order valence-corrected chi connectivity index (χ0v) is 8.12. The fourth-order valence-electron chi connectivity index (χ4n) is 1.63. The summed E-state index contributed by atoms with van der Waals surface area (Å²) in [6.45, 7) is 0. The van der Waals surface area contributed by atoms with Crippen molar-refractivity contribution in [1.29, 1.82) is 0 Å². The largest absolute Gasteiger partial charge is 0.497 e. The Hall–Kier alpha value is -1.57. The molecule has 0 aromatic heterocycles. The summed E-state index contributed by atoms with van der Waals surface area (Å²) in [5.41, 5.74) is 2.18. The molecule has 0 N–H and O–H groups in total. The summed E-state index contributed by atoms with van der Waals surface area (Å²) in [7, 11) is 1.64. The molecule has 0 aliphatic heterocycles. The molecule has 2 nitrogen and oxygen atoms in total. The van der Waals surface area contributed by atoms with Crippen molar-refractivity contribution in [2.24, 2.45) is 0 Å². The van der Waals surface area contributed by atoms with Crippen LogP contribution in [0.2, 0.25) is 0 Å². The number of carbonyl (C=O) groups excluding carboxylic acids is 1. The van der Waals surface area contributed by atoms with E-state index >= 15 is 0 Å². The molecule has 1 aromatic rings. The standard InChI is InChI=1S/C12H12O2/c1-14-12-6-5-9-3-2-4-11(13)7-10(9)8-12/h2-3,5-6,8H,4,7H2,1H3. The van der Waals surface area contributed by atoms with Crippen molar-refractivity contribution in [3.63, 3.8) is 0 Å². The van der Waals surface area contributed by atoms with Crippen LogP contribution in [0, 0.1) is 0 Å². The second-order valence-corrected chi connectivity index (χ2v) is 3.39. The second kappa shape index (κ2) is 3.66. The summed E-state index contributed by atoms with van der Waals surface area (Å²) in [6.07, 6.45) is 4.97. The number of Topliss-reactive ketones (excluding diaryl/α,β-unsaturated/α-hetero) is 1. The summed E-state index contributed by atoms with van der Waals surface area (Å²) in [4.78, 5) is 11.4. The Kier molecular flexibility index (Phi) is 2.35. The van der Waals surface area contributed by atoms with Crippen molar-refractivity contribution in [3.8, 4) is 5.75 Å². The van der Waals surface area contributed by atoms with Gasteiger partial charge in [-0.1, -0.05) is 18.2 Å². The van der Waals surface area contributed by atoms with Gasteiger partial charge in [-0.25, -0.2) is 0 Å². The lowest BCUT2D eigenvalue weighted by Crippen LogP contribution is -2.00. The maximum absolute atomic E-state index is 11.4. The van der Waals surface area contributed by atoms with Crippen molar-refractivity contribution in [1.82, 2.24) is 0 Å². The molecule has 0 heterocycles. The number of methoxy groups -OCH3 is 1. The van der Waals surface area contributed by atoms with E-state index in [2.05, 4.69) is 0 Å². The van der Waals surface area contributed by atoms with E-state index in [-0.39, 0.29) is 5.78 Å². The second-order valence-electron chi connectivity index (χ2n) is 3.39. The Balaban J connectivity index is 2.44. The highest BCUT2D eigenvalue weighted by atomic mass is 16.5. The Morgan fingerprint density at radius 2 is 2.21 bits per heavy atom. The zero-order chi connectivity index (χ0) is 9.97. The summed E-state index contributed by atoms with van der Waals surface area (Å²) in [5, 5.41) is 0. The molecule has 72 valence electrons. The van der Waals surface area contributed by atoms with Gasteiger partial charge in [0.25, 0.3) is 0 Å². The van der Waals surface area contributed by atoms with Crippen molar-refractivity contribution in [2.45, 2.75) is 12.8 Å². The van der Waals surface area contributed by atoms with Crippen LogP contribution in [-0.2, 0) is 11.2 Å². The maximum atomic E-state index is 11.4. The topological polar surface area (TPSA) is 26.3 Å². The number of rotatable bonds is 1. The van der Waals surface area contributed by atoms with Gasteiger partial charge in [0.1, 0.15) is 11.5 Å². The molecule has 0 radical (unpaired) electrons. The predicted octanol–water partition coefficient (Wildman–Crippen LogP) is 2.22. The molecule has 1 aromatic carbocycles. The molecule has 0 saturated heterocycles. The van der Waals surface area contributed by atoms with Crippen molar-refractivity contribution < 1.29 is 9.53 Å². The molecule has 14 heavy (non-hydrogen) atoms. The number of benzene rings is 1. The quantitative estimate of drug-likeness (QED) is 0.675. The van der Waals surface area contributed by atoms with E-state index in [1.165, 1.54) is 0 Å². The van der Waals surface area contributed by atoms with Gasteiger partial charge in [0.15, 0.2) is 0 Å². The Labute approximate surface area is 83.2 Å². The first-order valence-electron chi connectivity index (χ1n) is 4.65. The van der Waals surface area contributed by atoms with E-state index in [4.69, 9.17) is 4.74 Å². The lowest BCUT2D eigenvalue weighted by atomic mass is 10.0. The third-order valence-electron chi connectivity index (χ3n) is 2.38. The summed E-state index contributed by atoms with van der Waals surface area (Å²) >= 11 is 0. The fourth-order valence-corrected chi connectivity index (χ4v) is 1.63. The Bertz CT molecular complexity index is 391. The van der Waals surface area contributed by atoms with E-state index in [1.807, 2.05) is 30.4 Å². The first-order valence-corrected chi connectivity index (χ1v) is 4.65. The van der Waals surface area contributed by atoms with E-state index in [0.717, 1.165) is 16.9 Å². The molecule has 0 amide bonds. The zero-order valence-electron chi connectivity index (χ0n) is 8.12. The van der Waals surface area contributed by atoms with Crippen LogP contribution >= 0.6 is 0 Å². The van der Waals surface area contributed by atoms with E-state index in [9.17, 15) is 4.79 Å². The predicted molar refractivity (Wildman–Crippen MR) is 55.4 cm³/mol. The highest BCUT2D eigenvalue weighted by Gasteiger charge is 2.10. The van der Waals surface area contributed by atoms with Gasteiger partial charge in [0.2, 0.25) is 0 Å². The van der Waals surface area contributed by atoms with Crippen LogP contribution in [0.4, 0.5) is 0 Å². The van der Waals surface area contributed by atoms with Crippen LogP contribution in [0.25, 0.3) is 6.08 Å². The fraction of sp³-hybridized carbons (Fsp3) is 0.250. The smallest absolute Gasteiger partial charge is 0.141 e. The first kappa shape index (κ1) is 9.00. The average Bonchev–Trinajstić information content (AvgIpc) is 2.37. The molecule has 1 aliphatic rings. The van der Waals surface area contributed by atoms with E-state index in [0.29, 0.717) is 12.8 Å². The number of allylic oxidation sites excluding steroid dienone is 1. The van der Waals surface area contributed by atoms with Crippen LogP contribution in [0.5, 0.6) is 5.75 Å². The van der Waals surface area contributed by atoms with Gasteiger partial charge in [0.05, 0.1) is 7.11 Å². The molecule has 0 fully saturated rings. The first-order chi connectivity index (χ1) is 6.79. The Morgan fingerprint density at radius 3 is 3.00 bits per heavy atom. The van der Waals surface area contributed by atoms with Crippen molar-refractivity contribution >= 4 is 11.9 Å². The summed E-state index contributed by atoms with van der Waals surface area (Å²) in [5.74, 6) is 1.07. The molecule has 0 saturated carbocycles. The van der Waals surface area contributed by atoms with Gasteiger partial charge in [-0.2, -0.15) is 0 Å². The van der Waals surface area contributed by atoms with Gasteiger partial charge < -0.3 is 4.74 Å². The maximum Gasteiger partial charge on any atom is 0.141 e. The van der Waals surface area contributed by atoms with Crippen molar-refractivity contribution in [3.05, 3.63) is 35.4 Å². The minimum atomic E-state index is 0.258. The Morgan fingerprint density at radius 1 is 1.36 bits per heavy atom. The molecule has 0 atom stereocenters. The highest BCUT2D eigenvalue weighted by molar-refractivity contribution is 5.86. The number of ketones is 1. The average molecular weight is 188 g/mol. The van der Waals surface area contributed by atoms with E-state index < -0.39 is 0 Å². The molecular formula is C12H12O2. The van der Waals surface area contributed by atoms with Crippen LogP contribution < -0.4 is 4.74 Å². The van der Waals surface area contributed by atoms with Crippen LogP contribution in [0.1, 0.15) is 17.5 Å². The number of hydrogen-bond acceptors (Lipinski definition) is 2. The highest BCUT2D eigenvalue weighted by Crippen LogP contribution is 2.22. The van der Waals surface area contributed by atoms with Crippen LogP contribution in [-0.4, -0.2) is 12.9 Å². The molecule has 0 spiro atoms. The SMILES string of the molecule is COc1ccc2c(c1)CC(=O)CC=C2. The lowest BCUT2D eigenvalue weighted by molar-refractivity contribution is -0.117.